The molecule has 0 aromatic heterocycles. The molecule has 3 rings (SSSR count). The molecule has 2 aromatic rings. The highest BCUT2D eigenvalue weighted by Crippen LogP contribution is 2.30. The second-order valence-electron chi connectivity index (χ2n) is 5.15. The summed E-state index contributed by atoms with van der Waals surface area (Å²) in [5, 5.41) is 0. The standard InChI is InChI=1S/C18H18N2O3/c1-13(14-5-3-2-4-6-14)12-19-20-18(21)15-7-8-16-17(11-15)23-10-9-22-16/h2-8,11-12,19H,9-10H2,1H3,(H,20,21)/b13-12-. The van der Waals surface area contributed by atoms with Crippen molar-refractivity contribution in [2.24, 2.45) is 0 Å². The SMILES string of the molecule is C/C(=C/NNC(=O)c1ccc2c(c1)OCCO2)c1ccccc1. The predicted molar refractivity (Wildman–Crippen MR) is 88.1 cm³/mol. The van der Waals surface area contributed by atoms with Gasteiger partial charge in [-0.15, -0.1) is 0 Å². The number of fused-ring (bicyclic) bond motifs is 1. The van der Waals surface area contributed by atoms with E-state index in [2.05, 4.69) is 10.9 Å². The number of ether oxygens (including phenoxy) is 2. The molecule has 23 heavy (non-hydrogen) atoms. The van der Waals surface area contributed by atoms with Gasteiger partial charge in [0.25, 0.3) is 5.91 Å². The third-order valence-corrected chi connectivity index (χ3v) is 3.51. The van der Waals surface area contributed by atoms with Crippen molar-refractivity contribution in [3.8, 4) is 11.5 Å². The molecule has 5 nitrogen and oxygen atoms in total. The number of hydrazine groups is 1. The normalized spacial score (nSPS) is 13.3. The predicted octanol–water partition coefficient (Wildman–Crippen LogP) is 2.75. The van der Waals surface area contributed by atoms with Gasteiger partial charge in [0, 0.05) is 11.8 Å². The Morgan fingerprint density at radius 3 is 2.52 bits per heavy atom. The minimum absolute atomic E-state index is 0.237. The van der Waals surface area contributed by atoms with Gasteiger partial charge < -0.3 is 14.9 Å². The van der Waals surface area contributed by atoms with E-state index in [0.29, 0.717) is 30.3 Å². The summed E-state index contributed by atoms with van der Waals surface area (Å²) in [5.74, 6) is 1.03. The number of benzene rings is 2. The summed E-state index contributed by atoms with van der Waals surface area (Å²) >= 11 is 0. The van der Waals surface area contributed by atoms with Crippen molar-refractivity contribution < 1.29 is 14.3 Å². The van der Waals surface area contributed by atoms with Gasteiger partial charge in [-0.25, -0.2) is 0 Å². The lowest BCUT2D eigenvalue weighted by Crippen LogP contribution is -2.33. The van der Waals surface area contributed by atoms with E-state index in [1.807, 2.05) is 37.3 Å². The maximum absolute atomic E-state index is 12.1. The van der Waals surface area contributed by atoms with Crippen LogP contribution in [0.3, 0.4) is 0 Å². The van der Waals surface area contributed by atoms with Crippen LogP contribution in [0.2, 0.25) is 0 Å². The summed E-state index contributed by atoms with van der Waals surface area (Å²) < 4.78 is 10.9. The van der Waals surface area contributed by atoms with E-state index < -0.39 is 0 Å². The number of carbonyl (C=O) groups excluding carboxylic acids is 1. The van der Waals surface area contributed by atoms with E-state index in [0.717, 1.165) is 11.1 Å². The van der Waals surface area contributed by atoms with E-state index in [1.165, 1.54) is 0 Å². The number of nitrogens with one attached hydrogen (secondary N) is 2. The highest BCUT2D eigenvalue weighted by Gasteiger charge is 2.14. The monoisotopic (exact) mass is 310 g/mol. The van der Waals surface area contributed by atoms with Gasteiger partial charge in [-0.05, 0) is 36.3 Å². The van der Waals surface area contributed by atoms with Crippen molar-refractivity contribution in [3.05, 3.63) is 65.9 Å². The molecule has 0 saturated carbocycles. The molecule has 1 aliphatic rings. The van der Waals surface area contributed by atoms with Crippen molar-refractivity contribution in [2.45, 2.75) is 6.92 Å². The summed E-state index contributed by atoms with van der Waals surface area (Å²) in [5.41, 5.74) is 8.09. The maximum Gasteiger partial charge on any atom is 0.269 e. The Balaban J connectivity index is 1.61. The van der Waals surface area contributed by atoms with Crippen LogP contribution in [-0.4, -0.2) is 19.1 Å². The Morgan fingerprint density at radius 2 is 1.74 bits per heavy atom. The van der Waals surface area contributed by atoms with Gasteiger partial charge in [0.05, 0.1) is 0 Å². The molecule has 1 amide bonds. The zero-order valence-electron chi connectivity index (χ0n) is 12.8. The Morgan fingerprint density at radius 1 is 1.00 bits per heavy atom. The van der Waals surface area contributed by atoms with Crippen LogP contribution in [0.25, 0.3) is 5.57 Å². The zero-order valence-corrected chi connectivity index (χ0v) is 12.8. The summed E-state index contributed by atoms with van der Waals surface area (Å²) in [4.78, 5) is 12.1. The molecule has 0 spiro atoms. The lowest BCUT2D eigenvalue weighted by molar-refractivity contribution is 0.0940. The largest absolute Gasteiger partial charge is 0.486 e. The molecule has 1 aliphatic heterocycles. The van der Waals surface area contributed by atoms with Gasteiger partial charge in [-0.3, -0.25) is 10.2 Å². The van der Waals surface area contributed by atoms with Crippen LogP contribution in [-0.2, 0) is 0 Å². The smallest absolute Gasteiger partial charge is 0.269 e. The first-order valence-corrected chi connectivity index (χ1v) is 7.42. The average Bonchev–Trinajstić information content (AvgIpc) is 2.61. The molecule has 2 aromatic carbocycles. The van der Waals surface area contributed by atoms with Gasteiger partial charge in [0.2, 0.25) is 0 Å². The highest BCUT2D eigenvalue weighted by atomic mass is 16.6. The first-order chi connectivity index (χ1) is 11.2. The van der Waals surface area contributed by atoms with E-state index >= 15 is 0 Å². The van der Waals surface area contributed by atoms with Crippen LogP contribution >= 0.6 is 0 Å². The number of hydrogen-bond acceptors (Lipinski definition) is 4. The van der Waals surface area contributed by atoms with Crippen molar-refractivity contribution in [3.63, 3.8) is 0 Å². The van der Waals surface area contributed by atoms with Gasteiger partial charge in [0.1, 0.15) is 13.2 Å². The van der Waals surface area contributed by atoms with Crippen LogP contribution in [0.1, 0.15) is 22.8 Å². The molecule has 1 heterocycles. The fourth-order valence-corrected chi connectivity index (χ4v) is 2.25. The third-order valence-electron chi connectivity index (χ3n) is 3.51. The molecule has 0 radical (unpaired) electrons. The van der Waals surface area contributed by atoms with Gasteiger partial charge in [0.15, 0.2) is 11.5 Å². The molecule has 2 N–H and O–H groups in total. The first-order valence-electron chi connectivity index (χ1n) is 7.42. The van der Waals surface area contributed by atoms with Crippen molar-refractivity contribution in [2.75, 3.05) is 13.2 Å². The summed E-state index contributed by atoms with van der Waals surface area (Å²) in [7, 11) is 0. The Hall–Kier alpha value is -2.95. The summed E-state index contributed by atoms with van der Waals surface area (Å²) in [6.45, 7) is 3.00. The minimum Gasteiger partial charge on any atom is -0.486 e. The second-order valence-corrected chi connectivity index (χ2v) is 5.15. The zero-order chi connectivity index (χ0) is 16.1. The number of amides is 1. The Kier molecular flexibility index (Phi) is 4.47. The van der Waals surface area contributed by atoms with Crippen LogP contribution in [0.5, 0.6) is 11.5 Å². The van der Waals surface area contributed by atoms with Crippen LogP contribution in [0, 0.1) is 0 Å². The van der Waals surface area contributed by atoms with Crippen LogP contribution < -0.4 is 20.3 Å². The number of rotatable bonds is 4. The van der Waals surface area contributed by atoms with Crippen LogP contribution in [0.4, 0.5) is 0 Å². The Bertz CT molecular complexity index is 726. The average molecular weight is 310 g/mol. The maximum atomic E-state index is 12.1. The van der Waals surface area contributed by atoms with Crippen LogP contribution in [0.15, 0.2) is 54.7 Å². The topological polar surface area (TPSA) is 59.6 Å². The number of allylic oxidation sites excluding steroid dienone is 1. The molecule has 0 fully saturated rings. The second kappa shape index (κ2) is 6.87. The van der Waals surface area contributed by atoms with Crippen molar-refractivity contribution in [1.82, 2.24) is 10.9 Å². The fourth-order valence-electron chi connectivity index (χ4n) is 2.25. The lowest BCUT2D eigenvalue weighted by Gasteiger charge is -2.18. The van der Waals surface area contributed by atoms with Crippen molar-refractivity contribution in [1.29, 1.82) is 0 Å². The van der Waals surface area contributed by atoms with E-state index in [4.69, 9.17) is 9.47 Å². The molecule has 0 unspecified atom stereocenters. The van der Waals surface area contributed by atoms with Crippen molar-refractivity contribution >= 4 is 11.5 Å². The lowest BCUT2D eigenvalue weighted by atomic mass is 10.1. The molecule has 5 heteroatoms. The van der Waals surface area contributed by atoms with Gasteiger partial charge in [-0.1, -0.05) is 30.3 Å². The first kappa shape index (κ1) is 15.0. The number of carbonyl (C=O) groups is 1. The molecular formula is C18H18N2O3. The van der Waals surface area contributed by atoms with E-state index in [1.54, 1.807) is 24.4 Å². The molecule has 0 saturated heterocycles. The fraction of sp³-hybridized carbons (Fsp3) is 0.167. The molecular weight excluding hydrogens is 292 g/mol. The summed E-state index contributed by atoms with van der Waals surface area (Å²) in [6.07, 6.45) is 1.76. The molecule has 118 valence electrons. The quantitative estimate of drug-likeness (QED) is 0.853. The molecule has 0 bridgehead atoms. The van der Waals surface area contributed by atoms with Gasteiger partial charge in [-0.2, -0.15) is 0 Å². The minimum atomic E-state index is -0.237. The van der Waals surface area contributed by atoms with E-state index in [-0.39, 0.29) is 5.91 Å². The number of hydrogen-bond donors (Lipinski definition) is 2. The highest BCUT2D eigenvalue weighted by molar-refractivity contribution is 5.94. The van der Waals surface area contributed by atoms with Gasteiger partial charge >= 0.3 is 0 Å². The van der Waals surface area contributed by atoms with E-state index in [9.17, 15) is 4.79 Å². The summed E-state index contributed by atoms with van der Waals surface area (Å²) in [6, 6.07) is 15.1. The molecule has 0 aliphatic carbocycles. The molecule has 0 atom stereocenters. The third kappa shape index (κ3) is 3.63. The Labute approximate surface area is 134 Å².